The SMILES string of the molecule is COc1ccc(Cl)cc1C(N)C1COc2ccccc2C1. The van der Waals surface area contributed by atoms with Crippen LogP contribution < -0.4 is 15.2 Å². The average molecular weight is 304 g/mol. The van der Waals surface area contributed by atoms with Gasteiger partial charge in [0.1, 0.15) is 11.5 Å². The summed E-state index contributed by atoms with van der Waals surface area (Å²) in [4.78, 5) is 0. The average Bonchev–Trinajstić information content (AvgIpc) is 2.53. The number of nitrogens with two attached hydrogens (primary N) is 1. The second-order valence-corrected chi connectivity index (χ2v) is 5.73. The number of halogens is 1. The summed E-state index contributed by atoms with van der Waals surface area (Å²) < 4.78 is 11.2. The first kappa shape index (κ1) is 14.2. The van der Waals surface area contributed by atoms with Crippen LogP contribution in [0.3, 0.4) is 0 Å². The molecule has 3 nitrogen and oxygen atoms in total. The minimum absolute atomic E-state index is 0.174. The molecule has 3 rings (SSSR count). The van der Waals surface area contributed by atoms with Crippen LogP contribution in [0.15, 0.2) is 42.5 Å². The molecule has 0 saturated carbocycles. The van der Waals surface area contributed by atoms with E-state index in [4.69, 9.17) is 26.8 Å². The summed E-state index contributed by atoms with van der Waals surface area (Å²) in [6, 6.07) is 13.5. The Bertz CT molecular complexity index is 644. The predicted octanol–water partition coefficient (Wildman–Crippen LogP) is 3.60. The van der Waals surface area contributed by atoms with E-state index in [1.165, 1.54) is 5.56 Å². The fraction of sp³-hybridized carbons (Fsp3) is 0.294. The van der Waals surface area contributed by atoms with Gasteiger partial charge in [0.25, 0.3) is 0 Å². The maximum atomic E-state index is 6.45. The van der Waals surface area contributed by atoms with Crippen LogP contribution >= 0.6 is 11.6 Å². The maximum absolute atomic E-state index is 6.45. The molecule has 0 bridgehead atoms. The van der Waals surface area contributed by atoms with Crippen molar-refractivity contribution in [1.82, 2.24) is 0 Å². The van der Waals surface area contributed by atoms with Gasteiger partial charge in [-0.2, -0.15) is 0 Å². The van der Waals surface area contributed by atoms with E-state index in [2.05, 4.69) is 6.07 Å². The lowest BCUT2D eigenvalue weighted by molar-refractivity contribution is 0.198. The zero-order chi connectivity index (χ0) is 14.8. The van der Waals surface area contributed by atoms with Gasteiger partial charge in [0.2, 0.25) is 0 Å². The number of benzene rings is 2. The van der Waals surface area contributed by atoms with Crippen molar-refractivity contribution in [3.05, 3.63) is 58.6 Å². The molecule has 110 valence electrons. The number of fused-ring (bicyclic) bond motifs is 1. The van der Waals surface area contributed by atoms with E-state index in [-0.39, 0.29) is 12.0 Å². The van der Waals surface area contributed by atoms with Crippen LogP contribution in [-0.2, 0) is 6.42 Å². The van der Waals surface area contributed by atoms with Gasteiger partial charge in [-0.1, -0.05) is 29.8 Å². The molecule has 1 aliphatic rings. The van der Waals surface area contributed by atoms with Gasteiger partial charge in [-0.3, -0.25) is 0 Å². The second kappa shape index (κ2) is 5.96. The topological polar surface area (TPSA) is 44.5 Å². The smallest absolute Gasteiger partial charge is 0.123 e. The van der Waals surface area contributed by atoms with Crippen molar-refractivity contribution in [3.8, 4) is 11.5 Å². The summed E-state index contributed by atoms with van der Waals surface area (Å²) in [6.45, 7) is 0.605. The first-order chi connectivity index (χ1) is 10.2. The molecule has 0 aliphatic carbocycles. The van der Waals surface area contributed by atoms with Crippen LogP contribution in [0.2, 0.25) is 5.02 Å². The summed E-state index contributed by atoms with van der Waals surface area (Å²) in [7, 11) is 1.64. The molecule has 4 heteroatoms. The van der Waals surface area contributed by atoms with Crippen LogP contribution in [0.1, 0.15) is 17.2 Å². The van der Waals surface area contributed by atoms with E-state index in [1.807, 2.05) is 36.4 Å². The van der Waals surface area contributed by atoms with Gasteiger partial charge in [-0.15, -0.1) is 0 Å². The minimum atomic E-state index is -0.174. The first-order valence-electron chi connectivity index (χ1n) is 6.98. The normalized spacial score (nSPS) is 18.5. The van der Waals surface area contributed by atoms with Crippen LogP contribution in [-0.4, -0.2) is 13.7 Å². The summed E-state index contributed by atoms with van der Waals surface area (Å²) in [5.74, 6) is 1.93. The Balaban J connectivity index is 1.87. The molecule has 0 amide bonds. The maximum Gasteiger partial charge on any atom is 0.123 e. The number of methoxy groups -OCH3 is 1. The van der Waals surface area contributed by atoms with Gasteiger partial charge in [0, 0.05) is 22.5 Å². The molecule has 0 saturated heterocycles. The summed E-state index contributed by atoms with van der Waals surface area (Å²) in [5.41, 5.74) is 8.58. The van der Waals surface area contributed by atoms with Gasteiger partial charge >= 0.3 is 0 Å². The van der Waals surface area contributed by atoms with Gasteiger partial charge in [0.15, 0.2) is 0 Å². The number of hydrogen-bond acceptors (Lipinski definition) is 3. The standard InChI is InChI=1S/C17H18ClNO2/c1-20-16-7-6-13(18)9-14(16)17(19)12-8-11-4-2-3-5-15(11)21-10-12/h2-7,9,12,17H,8,10,19H2,1H3. The first-order valence-corrected chi connectivity index (χ1v) is 7.36. The fourth-order valence-corrected chi connectivity index (χ4v) is 2.98. The lowest BCUT2D eigenvalue weighted by Gasteiger charge is -2.30. The Morgan fingerprint density at radius 1 is 1.29 bits per heavy atom. The third-order valence-corrected chi connectivity index (χ3v) is 4.20. The molecule has 21 heavy (non-hydrogen) atoms. The Labute approximate surface area is 129 Å². The fourth-order valence-electron chi connectivity index (χ4n) is 2.80. The van der Waals surface area contributed by atoms with Crippen molar-refractivity contribution >= 4 is 11.6 Å². The Morgan fingerprint density at radius 2 is 2.10 bits per heavy atom. The molecule has 0 fully saturated rings. The van der Waals surface area contributed by atoms with Gasteiger partial charge < -0.3 is 15.2 Å². The summed E-state index contributed by atoms with van der Waals surface area (Å²) in [6.07, 6.45) is 0.896. The molecule has 2 N–H and O–H groups in total. The number of para-hydroxylation sites is 1. The Hall–Kier alpha value is -1.71. The highest BCUT2D eigenvalue weighted by atomic mass is 35.5. The third-order valence-electron chi connectivity index (χ3n) is 3.97. The van der Waals surface area contributed by atoms with E-state index >= 15 is 0 Å². The molecule has 2 aromatic rings. The molecule has 0 radical (unpaired) electrons. The molecule has 2 aromatic carbocycles. The van der Waals surface area contributed by atoms with E-state index < -0.39 is 0 Å². The Kier molecular flexibility index (Phi) is 4.04. The second-order valence-electron chi connectivity index (χ2n) is 5.29. The van der Waals surface area contributed by atoms with Gasteiger partial charge in [-0.05, 0) is 36.2 Å². The molecule has 2 atom stereocenters. The zero-order valence-corrected chi connectivity index (χ0v) is 12.6. The molecule has 0 spiro atoms. The van der Waals surface area contributed by atoms with Crippen LogP contribution in [0.25, 0.3) is 0 Å². The van der Waals surface area contributed by atoms with Crippen molar-refractivity contribution in [3.63, 3.8) is 0 Å². The third kappa shape index (κ3) is 2.85. The lowest BCUT2D eigenvalue weighted by atomic mass is 9.87. The summed E-state index contributed by atoms with van der Waals surface area (Å²) in [5, 5.41) is 0.665. The molecule has 2 unspecified atom stereocenters. The molecule has 1 aliphatic heterocycles. The van der Waals surface area contributed by atoms with Gasteiger partial charge in [0.05, 0.1) is 13.7 Å². The molecular formula is C17H18ClNO2. The van der Waals surface area contributed by atoms with Crippen molar-refractivity contribution in [1.29, 1.82) is 0 Å². The quantitative estimate of drug-likeness (QED) is 0.942. The highest BCUT2D eigenvalue weighted by Gasteiger charge is 2.27. The van der Waals surface area contributed by atoms with Crippen LogP contribution in [0.5, 0.6) is 11.5 Å². The van der Waals surface area contributed by atoms with Crippen molar-refractivity contribution in [2.45, 2.75) is 12.5 Å². The molecule has 1 heterocycles. The van der Waals surface area contributed by atoms with E-state index in [0.29, 0.717) is 11.6 Å². The monoisotopic (exact) mass is 303 g/mol. The largest absolute Gasteiger partial charge is 0.496 e. The molecular weight excluding hydrogens is 286 g/mol. The number of ether oxygens (including phenoxy) is 2. The number of hydrogen-bond donors (Lipinski definition) is 1. The number of rotatable bonds is 3. The lowest BCUT2D eigenvalue weighted by Crippen LogP contribution is -2.31. The summed E-state index contributed by atoms with van der Waals surface area (Å²) >= 11 is 6.10. The van der Waals surface area contributed by atoms with Crippen molar-refractivity contribution < 1.29 is 9.47 Å². The van der Waals surface area contributed by atoms with Crippen molar-refractivity contribution in [2.24, 2.45) is 11.7 Å². The van der Waals surface area contributed by atoms with E-state index in [1.54, 1.807) is 7.11 Å². The highest BCUT2D eigenvalue weighted by molar-refractivity contribution is 6.30. The highest BCUT2D eigenvalue weighted by Crippen LogP contribution is 2.36. The van der Waals surface area contributed by atoms with Crippen molar-refractivity contribution in [2.75, 3.05) is 13.7 Å². The minimum Gasteiger partial charge on any atom is -0.496 e. The Morgan fingerprint density at radius 3 is 2.90 bits per heavy atom. The van der Waals surface area contributed by atoms with Crippen LogP contribution in [0, 0.1) is 5.92 Å². The van der Waals surface area contributed by atoms with E-state index in [0.717, 1.165) is 23.5 Å². The molecule has 0 aromatic heterocycles. The van der Waals surface area contributed by atoms with E-state index in [9.17, 15) is 0 Å². The predicted molar refractivity (Wildman–Crippen MR) is 84.1 cm³/mol. The zero-order valence-electron chi connectivity index (χ0n) is 11.9. The van der Waals surface area contributed by atoms with Gasteiger partial charge in [-0.25, -0.2) is 0 Å². The van der Waals surface area contributed by atoms with Crippen LogP contribution in [0.4, 0.5) is 0 Å².